The third-order valence-electron chi connectivity index (χ3n) is 2.19. The molecule has 0 bridgehead atoms. The van der Waals surface area contributed by atoms with Crippen LogP contribution in [0, 0.1) is 0 Å². The minimum Gasteiger partial charge on any atom is -0.370 e. The van der Waals surface area contributed by atoms with Gasteiger partial charge in [0.15, 0.2) is 0 Å². The molecule has 0 radical (unpaired) electrons. The molecule has 0 aliphatic carbocycles. The van der Waals surface area contributed by atoms with E-state index < -0.39 is 5.91 Å². The van der Waals surface area contributed by atoms with Gasteiger partial charge in [0.2, 0.25) is 5.91 Å². The molecule has 0 saturated carbocycles. The first kappa shape index (κ1) is 12.7. The molecule has 3 N–H and O–H groups in total. The van der Waals surface area contributed by atoms with Gasteiger partial charge in [-0.1, -0.05) is 0 Å². The molecular weight excluding hydrogens is 208 g/mol. The van der Waals surface area contributed by atoms with Crippen molar-refractivity contribution < 1.29 is 9.53 Å². The fraction of sp³-hybridized carbons (Fsp3) is 0.600. The van der Waals surface area contributed by atoms with Crippen LogP contribution in [-0.2, 0) is 16.6 Å². The number of aromatic nitrogens is 2. The summed E-state index contributed by atoms with van der Waals surface area (Å²) in [4.78, 5) is 14.6. The summed E-state index contributed by atoms with van der Waals surface area (Å²) >= 11 is 0. The average molecular weight is 226 g/mol. The van der Waals surface area contributed by atoms with Gasteiger partial charge in [-0.25, -0.2) is 4.98 Å². The van der Waals surface area contributed by atoms with E-state index in [1.54, 1.807) is 6.20 Å². The number of hydrogen-bond donors (Lipinski definition) is 2. The van der Waals surface area contributed by atoms with E-state index in [0.29, 0.717) is 13.2 Å². The van der Waals surface area contributed by atoms with E-state index in [4.69, 9.17) is 10.5 Å². The van der Waals surface area contributed by atoms with Crippen molar-refractivity contribution >= 4 is 5.91 Å². The Morgan fingerprint density at radius 1 is 1.75 bits per heavy atom. The van der Waals surface area contributed by atoms with Gasteiger partial charge in [-0.05, 0) is 6.92 Å². The van der Waals surface area contributed by atoms with E-state index in [-0.39, 0.29) is 12.6 Å². The van der Waals surface area contributed by atoms with Crippen molar-refractivity contribution in [3.05, 3.63) is 18.2 Å². The maximum Gasteiger partial charge on any atom is 0.243 e. The highest BCUT2D eigenvalue weighted by molar-refractivity contribution is 5.74. The maximum atomic E-state index is 10.4. The van der Waals surface area contributed by atoms with Crippen LogP contribution in [0.4, 0.5) is 0 Å². The third-order valence-corrected chi connectivity index (χ3v) is 2.19. The Labute approximate surface area is 94.8 Å². The molecule has 0 aliphatic heterocycles. The fourth-order valence-corrected chi connectivity index (χ4v) is 1.41. The smallest absolute Gasteiger partial charge is 0.243 e. The van der Waals surface area contributed by atoms with Crippen molar-refractivity contribution in [2.24, 2.45) is 12.8 Å². The summed E-state index contributed by atoms with van der Waals surface area (Å²) in [7, 11) is 1.95. The van der Waals surface area contributed by atoms with Gasteiger partial charge in [0, 0.05) is 26.0 Å². The zero-order valence-electron chi connectivity index (χ0n) is 9.64. The summed E-state index contributed by atoms with van der Waals surface area (Å²) in [5.74, 6) is 0.520. The first-order chi connectivity index (χ1) is 7.61. The zero-order chi connectivity index (χ0) is 12.0. The van der Waals surface area contributed by atoms with Crippen molar-refractivity contribution in [3.8, 4) is 0 Å². The zero-order valence-corrected chi connectivity index (χ0v) is 9.64. The third kappa shape index (κ3) is 4.00. The average Bonchev–Trinajstić information content (AvgIpc) is 2.63. The summed E-state index contributed by atoms with van der Waals surface area (Å²) in [6.07, 6.45) is 3.66. The largest absolute Gasteiger partial charge is 0.370 e. The molecule has 0 aliphatic rings. The normalized spacial score (nSPS) is 12.6. The van der Waals surface area contributed by atoms with Gasteiger partial charge in [-0.3, -0.25) is 4.79 Å². The second-order valence-corrected chi connectivity index (χ2v) is 3.59. The van der Waals surface area contributed by atoms with Gasteiger partial charge in [0.05, 0.1) is 12.6 Å². The van der Waals surface area contributed by atoms with E-state index >= 15 is 0 Å². The Kier molecular flexibility index (Phi) is 4.94. The van der Waals surface area contributed by atoms with E-state index in [9.17, 15) is 4.79 Å². The molecule has 90 valence electrons. The summed E-state index contributed by atoms with van der Waals surface area (Å²) in [5, 5.41) is 3.24. The van der Waals surface area contributed by atoms with E-state index in [1.165, 1.54) is 0 Å². The molecule has 1 atom stereocenters. The van der Waals surface area contributed by atoms with Gasteiger partial charge in [-0.2, -0.15) is 0 Å². The SMILES string of the molecule is CC(NCCOCC(N)=O)c1nccn1C. The number of nitrogens with two attached hydrogens (primary N) is 1. The molecule has 0 saturated heterocycles. The summed E-state index contributed by atoms with van der Waals surface area (Å²) in [6.45, 7) is 3.11. The molecule has 6 heteroatoms. The molecule has 1 aromatic heterocycles. The first-order valence-electron chi connectivity index (χ1n) is 5.18. The Morgan fingerprint density at radius 2 is 2.50 bits per heavy atom. The van der Waals surface area contributed by atoms with Crippen molar-refractivity contribution in [3.63, 3.8) is 0 Å². The molecule has 0 aromatic carbocycles. The van der Waals surface area contributed by atoms with Crippen LogP contribution in [0.2, 0.25) is 0 Å². The Bertz CT molecular complexity index is 337. The second-order valence-electron chi connectivity index (χ2n) is 3.59. The number of nitrogens with one attached hydrogen (secondary N) is 1. The monoisotopic (exact) mass is 226 g/mol. The van der Waals surface area contributed by atoms with Crippen LogP contribution in [0.25, 0.3) is 0 Å². The predicted molar refractivity (Wildman–Crippen MR) is 59.6 cm³/mol. The highest BCUT2D eigenvalue weighted by atomic mass is 16.5. The van der Waals surface area contributed by atoms with Crippen LogP contribution >= 0.6 is 0 Å². The number of aryl methyl sites for hydroxylation is 1. The topological polar surface area (TPSA) is 82.2 Å². The van der Waals surface area contributed by atoms with Crippen LogP contribution in [0.1, 0.15) is 18.8 Å². The summed E-state index contributed by atoms with van der Waals surface area (Å²) in [5.41, 5.74) is 4.93. The molecule has 1 rings (SSSR count). The van der Waals surface area contributed by atoms with Crippen molar-refractivity contribution in [2.45, 2.75) is 13.0 Å². The van der Waals surface area contributed by atoms with Crippen molar-refractivity contribution in [1.82, 2.24) is 14.9 Å². The van der Waals surface area contributed by atoms with Crippen LogP contribution in [0.3, 0.4) is 0 Å². The molecule has 1 unspecified atom stereocenters. The molecule has 0 spiro atoms. The Hall–Kier alpha value is -1.40. The fourth-order valence-electron chi connectivity index (χ4n) is 1.41. The van der Waals surface area contributed by atoms with Gasteiger partial charge in [0.25, 0.3) is 0 Å². The number of rotatable bonds is 7. The predicted octanol–water partition coefficient (Wildman–Crippen LogP) is -0.427. The van der Waals surface area contributed by atoms with E-state index in [1.807, 2.05) is 24.7 Å². The minimum absolute atomic E-state index is 0.0293. The second kappa shape index (κ2) is 6.24. The quantitative estimate of drug-likeness (QED) is 0.618. The highest BCUT2D eigenvalue weighted by Crippen LogP contribution is 2.07. The standard InChI is InChI=1S/C10H18N4O2/c1-8(10-13-3-5-14(10)2)12-4-6-16-7-9(11)15/h3,5,8,12H,4,6-7H2,1-2H3,(H2,11,15). The van der Waals surface area contributed by atoms with Gasteiger partial charge in [-0.15, -0.1) is 0 Å². The number of carbonyl (C=O) groups excluding carboxylic acids is 1. The van der Waals surface area contributed by atoms with Gasteiger partial charge < -0.3 is 20.4 Å². The molecule has 6 nitrogen and oxygen atoms in total. The van der Waals surface area contributed by atoms with Gasteiger partial charge >= 0.3 is 0 Å². The van der Waals surface area contributed by atoms with Crippen LogP contribution in [0.15, 0.2) is 12.4 Å². The molecule has 0 fully saturated rings. The maximum absolute atomic E-state index is 10.4. The Balaban J connectivity index is 2.18. The van der Waals surface area contributed by atoms with Crippen molar-refractivity contribution in [1.29, 1.82) is 0 Å². The molecule has 16 heavy (non-hydrogen) atoms. The van der Waals surface area contributed by atoms with Crippen LogP contribution in [-0.4, -0.2) is 35.2 Å². The van der Waals surface area contributed by atoms with E-state index in [0.717, 1.165) is 5.82 Å². The number of hydrogen-bond acceptors (Lipinski definition) is 4. The van der Waals surface area contributed by atoms with Crippen molar-refractivity contribution in [2.75, 3.05) is 19.8 Å². The lowest BCUT2D eigenvalue weighted by Gasteiger charge is -2.13. The van der Waals surface area contributed by atoms with Gasteiger partial charge in [0.1, 0.15) is 12.4 Å². The number of ether oxygens (including phenoxy) is 1. The lowest BCUT2D eigenvalue weighted by Crippen LogP contribution is -2.27. The molecular formula is C10H18N4O2. The number of primary amides is 1. The summed E-state index contributed by atoms with van der Waals surface area (Å²) < 4.78 is 6.99. The first-order valence-corrected chi connectivity index (χ1v) is 5.18. The number of imidazole rings is 1. The number of amides is 1. The number of carbonyl (C=O) groups is 1. The molecule has 1 amide bonds. The lowest BCUT2D eigenvalue weighted by molar-refractivity contribution is -0.122. The number of nitrogens with zero attached hydrogens (tertiary/aromatic N) is 2. The molecule has 1 aromatic rings. The van der Waals surface area contributed by atoms with E-state index in [2.05, 4.69) is 10.3 Å². The van der Waals surface area contributed by atoms with Crippen LogP contribution in [0.5, 0.6) is 0 Å². The Morgan fingerprint density at radius 3 is 3.06 bits per heavy atom. The van der Waals surface area contributed by atoms with Crippen LogP contribution < -0.4 is 11.1 Å². The highest BCUT2D eigenvalue weighted by Gasteiger charge is 2.08. The molecule has 1 heterocycles. The lowest BCUT2D eigenvalue weighted by atomic mass is 10.3. The minimum atomic E-state index is -0.447. The summed E-state index contributed by atoms with van der Waals surface area (Å²) in [6, 6.07) is 0.150.